The van der Waals surface area contributed by atoms with Crippen LogP contribution in [0.4, 0.5) is 0 Å². The molecule has 0 amide bonds. The number of esters is 1. The maximum Gasteiger partial charge on any atom is 0.330 e. The van der Waals surface area contributed by atoms with Gasteiger partial charge in [0.1, 0.15) is 28.2 Å². The first-order chi connectivity index (χ1) is 14.2. The number of aromatic nitrogens is 3. The summed E-state index contributed by atoms with van der Waals surface area (Å²) in [4.78, 5) is 12.5. The van der Waals surface area contributed by atoms with E-state index in [2.05, 4.69) is 16.8 Å². The molecule has 30 heavy (non-hydrogen) atoms. The maximum atomic E-state index is 11.1. The van der Waals surface area contributed by atoms with E-state index in [1.165, 1.54) is 4.80 Å². The van der Waals surface area contributed by atoms with Gasteiger partial charge in [-0.25, -0.2) is 4.79 Å². The maximum absolute atomic E-state index is 11.1. The number of halogens is 1. The van der Waals surface area contributed by atoms with Gasteiger partial charge in [0.2, 0.25) is 0 Å². The highest BCUT2D eigenvalue weighted by atomic mass is 35.5. The normalized spacial score (nSPS) is 11.5. The van der Waals surface area contributed by atoms with Crippen molar-refractivity contribution in [1.82, 2.24) is 15.0 Å². The molecule has 3 rings (SSSR count). The third-order valence-corrected chi connectivity index (χ3v) is 4.63. The van der Waals surface area contributed by atoms with Crippen LogP contribution in [0.25, 0.3) is 16.7 Å². The largest absolute Gasteiger partial charge is 0.505 e. The van der Waals surface area contributed by atoms with Gasteiger partial charge in [-0.15, -0.1) is 15.0 Å². The zero-order chi connectivity index (χ0) is 21.9. The second kappa shape index (κ2) is 8.75. The lowest BCUT2D eigenvalue weighted by Gasteiger charge is -2.23. The van der Waals surface area contributed by atoms with Crippen molar-refractivity contribution < 1.29 is 19.4 Å². The van der Waals surface area contributed by atoms with Gasteiger partial charge in [-0.2, -0.15) is 0 Å². The van der Waals surface area contributed by atoms with Crippen LogP contribution < -0.4 is 4.74 Å². The van der Waals surface area contributed by atoms with Crippen LogP contribution in [0, 0.1) is 0 Å². The number of aromatic hydroxyl groups is 1. The topological polar surface area (TPSA) is 86.5 Å². The second-order valence-electron chi connectivity index (χ2n) is 7.78. The van der Waals surface area contributed by atoms with E-state index in [4.69, 9.17) is 21.1 Å². The van der Waals surface area contributed by atoms with Gasteiger partial charge >= 0.3 is 5.97 Å². The Labute approximate surface area is 179 Å². The Morgan fingerprint density at radius 2 is 1.93 bits per heavy atom. The van der Waals surface area contributed by atoms with Gasteiger partial charge in [0.15, 0.2) is 0 Å². The van der Waals surface area contributed by atoms with Gasteiger partial charge < -0.3 is 14.6 Å². The number of phenolic OH excluding ortho intramolecular Hbond substituents is 1. The van der Waals surface area contributed by atoms with Crippen molar-refractivity contribution in [2.75, 3.05) is 13.2 Å². The summed E-state index contributed by atoms with van der Waals surface area (Å²) in [5.74, 6) is 0.178. The number of hydrogen-bond acceptors (Lipinski definition) is 6. The van der Waals surface area contributed by atoms with Crippen LogP contribution in [0.5, 0.6) is 11.5 Å². The summed E-state index contributed by atoms with van der Waals surface area (Å²) < 4.78 is 10.8. The Kier molecular flexibility index (Phi) is 6.31. The molecule has 158 valence electrons. The molecule has 0 radical (unpaired) electrons. The van der Waals surface area contributed by atoms with Crippen LogP contribution >= 0.6 is 11.6 Å². The van der Waals surface area contributed by atoms with E-state index in [9.17, 15) is 9.90 Å². The molecule has 0 atom stereocenters. The fraction of sp³-hybridized carbons (Fsp3) is 0.318. The molecule has 7 nitrogen and oxygen atoms in total. The van der Waals surface area contributed by atoms with Gasteiger partial charge in [-0.05, 0) is 29.7 Å². The molecule has 0 aliphatic heterocycles. The summed E-state index contributed by atoms with van der Waals surface area (Å²) in [6.07, 6.45) is 1.64. The molecular formula is C22H24ClN3O4. The van der Waals surface area contributed by atoms with E-state index in [1.807, 2.05) is 20.8 Å². The van der Waals surface area contributed by atoms with Crippen LogP contribution in [0.1, 0.15) is 32.8 Å². The van der Waals surface area contributed by atoms with E-state index >= 15 is 0 Å². The number of carbonyl (C=O) groups is 1. The van der Waals surface area contributed by atoms with Crippen molar-refractivity contribution >= 4 is 28.6 Å². The van der Waals surface area contributed by atoms with E-state index < -0.39 is 5.97 Å². The SMILES string of the molecule is C=CC(=O)OCCCOc1cc(-n2nc3ccc(Cl)cc3n2)c(O)c(C(C)(C)C)c1. The highest BCUT2D eigenvalue weighted by molar-refractivity contribution is 6.31. The van der Waals surface area contributed by atoms with Crippen LogP contribution in [0.15, 0.2) is 43.0 Å². The lowest BCUT2D eigenvalue weighted by molar-refractivity contribution is -0.137. The van der Waals surface area contributed by atoms with Gasteiger partial charge in [0, 0.05) is 29.1 Å². The zero-order valence-corrected chi connectivity index (χ0v) is 17.9. The monoisotopic (exact) mass is 429 g/mol. The Balaban J connectivity index is 1.90. The Bertz CT molecular complexity index is 1090. The summed E-state index contributed by atoms with van der Waals surface area (Å²) in [7, 11) is 0. The lowest BCUT2D eigenvalue weighted by atomic mass is 9.86. The number of nitrogens with zero attached hydrogens (tertiary/aromatic N) is 3. The minimum Gasteiger partial charge on any atom is -0.505 e. The van der Waals surface area contributed by atoms with Gasteiger partial charge in [0.25, 0.3) is 0 Å². The first kappa shape index (κ1) is 21.6. The molecule has 0 saturated carbocycles. The number of carbonyl (C=O) groups excluding carboxylic acids is 1. The van der Waals surface area contributed by atoms with Crippen LogP contribution in [0.3, 0.4) is 0 Å². The number of benzene rings is 2. The molecular weight excluding hydrogens is 406 g/mol. The first-order valence-electron chi connectivity index (χ1n) is 9.51. The summed E-state index contributed by atoms with van der Waals surface area (Å²) >= 11 is 6.04. The summed E-state index contributed by atoms with van der Waals surface area (Å²) in [5, 5.41) is 20.4. The smallest absolute Gasteiger partial charge is 0.330 e. The molecule has 3 aromatic rings. The van der Waals surface area contributed by atoms with Crippen molar-refractivity contribution in [2.45, 2.75) is 32.6 Å². The second-order valence-corrected chi connectivity index (χ2v) is 8.22. The standard InChI is InChI=1S/C22H24ClN3O4/c1-5-20(27)30-10-6-9-29-15-12-16(22(2,3)4)21(28)19(13-15)26-24-17-8-7-14(23)11-18(17)25-26/h5,7-8,11-13,28H,1,6,9-10H2,2-4H3. The number of ether oxygens (including phenoxy) is 2. The molecule has 0 aliphatic rings. The van der Waals surface area contributed by atoms with Gasteiger partial charge in [-0.3, -0.25) is 0 Å². The Morgan fingerprint density at radius 1 is 1.20 bits per heavy atom. The molecule has 0 bridgehead atoms. The third kappa shape index (κ3) is 4.91. The molecule has 0 saturated heterocycles. The van der Waals surface area contributed by atoms with Gasteiger partial charge in [-0.1, -0.05) is 39.0 Å². The summed E-state index contributed by atoms with van der Waals surface area (Å²) in [6.45, 7) is 9.91. The molecule has 0 fully saturated rings. The van der Waals surface area contributed by atoms with Crippen molar-refractivity contribution in [3.05, 3.63) is 53.6 Å². The number of phenols is 1. The Hall–Kier alpha value is -3.06. The molecule has 2 aromatic carbocycles. The van der Waals surface area contributed by atoms with E-state index in [-0.39, 0.29) is 17.8 Å². The molecule has 1 heterocycles. The van der Waals surface area contributed by atoms with Gasteiger partial charge in [0.05, 0.1) is 13.2 Å². The molecule has 0 aliphatic carbocycles. The quantitative estimate of drug-likeness (QED) is 0.336. The number of hydrogen-bond donors (Lipinski definition) is 1. The molecule has 0 spiro atoms. The average Bonchev–Trinajstić information content (AvgIpc) is 3.10. The molecule has 1 N–H and O–H groups in total. The zero-order valence-electron chi connectivity index (χ0n) is 17.2. The van der Waals surface area contributed by atoms with E-state index in [0.29, 0.717) is 46.1 Å². The highest BCUT2D eigenvalue weighted by Crippen LogP contribution is 2.38. The molecule has 0 unspecified atom stereocenters. The highest BCUT2D eigenvalue weighted by Gasteiger charge is 2.24. The predicted molar refractivity (Wildman–Crippen MR) is 116 cm³/mol. The fourth-order valence-electron chi connectivity index (χ4n) is 2.88. The van der Waals surface area contributed by atoms with Crippen LogP contribution in [-0.2, 0) is 14.9 Å². The van der Waals surface area contributed by atoms with E-state index in [1.54, 1.807) is 30.3 Å². The first-order valence-corrected chi connectivity index (χ1v) is 9.89. The fourth-order valence-corrected chi connectivity index (χ4v) is 3.04. The van der Waals surface area contributed by atoms with E-state index in [0.717, 1.165) is 6.08 Å². The minimum atomic E-state index is -0.464. The molecule has 8 heteroatoms. The average molecular weight is 430 g/mol. The number of rotatable bonds is 7. The lowest BCUT2D eigenvalue weighted by Crippen LogP contribution is -2.14. The van der Waals surface area contributed by atoms with Crippen LogP contribution in [0.2, 0.25) is 5.02 Å². The van der Waals surface area contributed by atoms with Crippen molar-refractivity contribution in [3.63, 3.8) is 0 Å². The minimum absolute atomic E-state index is 0.0844. The van der Waals surface area contributed by atoms with Crippen molar-refractivity contribution in [3.8, 4) is 17.2 Å². The number of fused-ring (bicyclic) bond motifs is 1. The third-order valence-electron chi connectivity index (χ3n) is 4.40. The Morgan fingerprint density at radius 3 is 2.63 bits per heavy atom. The van der Waals surface area contributed by atoms with Crippen molar-refractivity contribution in [1.29, 1.82) is 0 Å². The summed E-state index contributed by atoms with van der Waals surface area (Å²) in [6, 6.07) is 8.71. The predicted octanol–water partition coefficient (Wildman–Crippen LogP) is 4.58. The van der Waals surface area contributed by atoms with Crippen molar-refractivity contribution in [2.24, 2.45) is 0 Å². The van der Waals surface area contributed by atoms with Crippen LogP contribution in [-0.4, -0.2) is 39.3 Å². The summed E-state index contributed by atoms with van der Waals surface area (Å²) in [5.41, 5.74) is 2.05. The molecule has 1 aromatic heterocycles.